The predicted octanol–water partition coefficient (Wildman–Crippen LogP) is 4.74. The highest BCUT2D eigenvalue weighted by molar-refractivity contribution is 7.98. The normalized spacial score (nSPS) is 11.1. The fourth-order valence-corrected chi connectivity index (χ4v) is 4.60. The van der Waals surface area contributed by atoms with Crippen LogP contribution in [0.2, 0.25) is 0 Å². The van der Waals surface area contributed by atoms with Gasteiger partial charge >= 0.3 is 5.63 Å². The van der Waals surface area contributed by atoms with Crippen molar-refractivity contribution in [2.24, 2.45) is 7.05 Å². The molecule has 0 fully saturated rings. The van der Waals surface area contributed by atoms with E-state index in [2.05, 4.69) is 53.2 Å². The van der Waals surface area contributed by atoms with Crippen molar-refractivity contribution in [3.05, 3.63) is 64.5 Å². The zero-order chi connectivity index (χ0) is 22.7. The van der Waals surface area contributed by atoms with Gasteiger partial charge in [-0.15, -0.1) is 10.2 Å². The van der Waals surface area contributed by atoms with Crippen LogP contribution in [0.4, 0.5) is 5.69 Å². The number of anilines is 1. The summed E-state index contributed by atoms with van der Waals surface area (Å²) in [6.45, 7) is 6.25. The lowest BCUT2D eigenvalue weighted by atomic mass is 10.1. The number of fused-ring (bicyclic) bond motifs is 1. The van der Waals surface area contributed by atoms with Crippen LogP contribution in [0.1, 0.15) is 19.4 Å². The van der Waals surface area contributed by atoms with Gasteiger partial charge in [0, 0.05) is 54.7 Å². The smallest absolute Gasteiger partial charge is 0.336 e. The highest BCUT2D eigenvalue weighted by atomic mass is 32.2. The van der Waals surface area contributed by atoms with Gasteiger partial charge in [-0.2, -0.15) is 0 Å². The first-order chi connectivity index (χ1) is 15.5. The van der Waals surface area contributed by atoms with Crippen molar-refractivity contribution in [3.63, 3.8) is 0 Å². The lowest BCUT2D eigenvalue weighted by Crippen LogP contribution is -2.21. The first-order valence-electron chi connectivity index (χ1n) is 10.5. The molecule has 0 radical (unpaired) electrons. The van der Waals surface area contributed by atoms with E-state index in [4.69, 9.17) is 9.15 Å². The molecule has 0 bridgehead atoms. The minimum atomic E-state index is -0.381. The molecule has 0 N–H and O–H groups in total. The van der Waals surface area contributed by atoms with E-state index in [1.807, 2.05) is 23.7 Å². The Kier molecular flexibility index (Phi) is 6.50. The third-order valence-corrected chi connectivity index (χ3v) is 6.55. The van der Waals surface area contributed by atoms with E-state index in [1.54, 1.807) is 13.2 Å². The zero-order valence-electron chi connectivity index (χ0n) is 18.7. The number of ether oxygens (including phenoxy) is 1. The molecule has 7 nitrogen and oxygen atoms in total. The molecule has 0 atom stereocenters. The Hall–Kier alpha value is -3.26. The molecule has 0 aliphatic rings. The van der Waals surface area contributed by atoms with Crippen molar-refractivity contribution in [1.82, 2.24) is 14.8 Å². The molecular formula is C24H26N4O3S. The van der Waals surface area contributed by atoms with Gasteiger partial charge < -0.3 is 18.6 Å². The van der Waals surface area contributed by atoms with Crippen LogP contribution in [-0.2, 0) is 12.8 Å². The number of benzene rings is 2. The summed E-state index contributed by atoms with van der Waals surface area (Å²) >= 11 is 1.53. The topological polar surface area (TPSA) is 73.4 Å². The number of thioether (sulfide) groups is 1. The summed E-state index contributed by atoms with van der Waals surface area (Å²) in [6.07, 6.45) is 0. The fourth-order valence-electron chi connectivity index (χ4n) is 3.70. The number of nitrogens with zero attached hydrogens (tertiary/aromatic N) is 4. The highest BCUT2D eigenvalue weighted by Gasteiger charge is 2.14. The number of hydrogen-bond donors (Lipinski definition) is 0. The fraction of sp³-hybridized carbons (Fsp3) is 0.292. The van der Waals surface area contributed by atoms with Crippen molar-refractivity contribution in [3.8, 4) is 17.1 Å². The van der Waals surface area contributed by atoms with E-state index in [0.717, 1.165) is 40.6 Å². The molecule has 2 aromatic heterocycles. The number of aromatic nitrogens is 3. The van der Waals surface area contributed by atoms with Gasteiger partial charge in [0.1, 0.15) is 11.3 Å². The summed E-state index contributed by atoms with van der Waals surface area (Å²) in [5, 5.41) is 10.4. The van der Waals surface area contributed by atoms with Crippen LogP contribution < -0.4 is 15.3 Å². The molecule has 0 saturated carbocycles. The number of hydrogen-bond acceptors (Lipinski definition) is 7. The Balaban J connectivity index is 1.56. The molecule has 0 amide bonds. The maximum Gasteiger partial charge on any atom is 0.336 e. The van der Waals surface area contributed by atoms with E-state index >= 15 is 0 Å². The zero-order valence-corrected chi connectivity index (χ0v) is 19.5. The third kappa shape index (κ3) is 4.36. The molecule has 2 aromatic carbocycles. The molecular weight excluding hydrogens is 424 g/mol. The summed E-state index contributed by atoms with van der Waals surface area (Å²) in [4.78, 5) is 14.3. The van der Waals surface area contributed by atoms with Crippen LogP contribution in [0.5, 0.6) is 5.75 Å². The summed E-state index contributed by atoms with van der Waals surface area (Å²) < 4.78 is 12.6. The molecule has 0 saturated heterocycles. The van der Waals surface area contributed by atoms with Gasteiger partial charge in [-0.1, -0.05) is 11.8 Å². The second-order valence-electron chi connectivity index (χ2n) is 7.33. The first-order valence-corrected chi connectivity index (χ1v) is 11.5. The van der Waals surface area contributed by atoms with E-state index in [9.17, 15) is 4.79 Å². The molecule has 0 aliphatic heterocycles. The lowest BCUT2D eigenvalue weighted by molar-refractivity contribution is 0.414. The second kappa shape index (κ2) is 9.48. The average Bonchev–Trinajstić information content (AvgIpc) is 3.18. The molecule has 4 rings (SSSR count). The van der Waals surface area contributed by atoms with Crippen molar-refractivity contribution >= 4 is 28.4 Å². The molecule has 166 valence electrons. The Morgan fingerprint density at radius 1 is 1.06 bits per heavy atom. The van der Waals surface area contributed by atoms with E-state index in [0.29, 0.717) is 17.1 Å². The number of rotatable bonds is 8. The molecule has 8 heteroatoms. The van der Waals surface area contributed by atoms with Gasteiger partial charge in [-0.25, -0.2) is 4.79 Å². The van der Waals surface area contributed by atoms with E-state index in [-0.39, 0.29) is 5.63 Å². The molecule has 4 aromatic rings. The first kappa shape index (κ1) is 22.0. The van der Waals surface area contributed by atoms with Crippen molar-refractivity contribution < 1.29 is 9.15 Å². The summed E-state index contributed by atoms with van der Waals surface area (Å²) in [6, 6.07) is 15.4. The monoisotopic (exact) mass is 450 g/mol. The Bertz CT molecular complexity index is 1280. The van der Waals surface area contributed by atoms with Crippen molar-refractivity contribution in [2.45, 2.75) is 24.8 Å². The maximum absolute atomic E-state index is 12.0. The van der Waals surface area contributed by atoms with Gasteiger partial charge in [0.05, 0.1) is 7.11 Å². The molecule has 0 spiro atoms. The van der Waals surface area contributed by atoms with Crippen LogP contribution in [-0.4, -0.2) is 35.0 Å². The minimum absolute atomic E-state index is 0.381. The Morgan fingerprint density at radius 3 is 2.50 bits per heavy atom. The van der Waals surface area contributed by atoms with E-state index < -0.39 is 0 Å². The lowest BCUT2D eigenvalue weighted by Gasteiger charge is -2.21. The standard InChI is InChI=1S/C24H26N4O3S/c1-5-28(6-2)18-9-7-16(8-10-18)23-25-26-24(27(23)3)32-15-17-13-22(29)31-21-14-19(30-4)11-12-20(17)21/h7-14H,5-6,15H2,1-4H3. The number of methoxy groups -OCH3 is 1. The molecule has 32 heavy (non-hydrogen) atoms. The van der Waals surface area contributed by atoms with Crippen LogP contribution in [0.3, 0.4) is 0 Å². The van der Waals surface area contributed by atoms with Crippen molar-refractivity contribution in [1.29, 1.82) is 0 Å². The molecule has 2 heterocycles. The van der Waals surface area contributed by atoms with Gasteiger partial charge in [0.25, 0.3) is 0 Å². The van der Waals surface area contributed by atoms with Crippen molar-refractivity contribution in [2.75, 3.05) is 25.1 Å². The predicted molar refractivity (Wildman–Crippen MR) is 129 cm³/mol. The summed E-state index contributed by atoms with van der Waals surface area (Å²) in [5.74, 6) is 2.03. The van der Waals surface area contributed by atoms with Gasteiger partial charge in [-0.05, 0) is 55.8 Å². The van der Waals surface area contributed by atoms with Crippen LogP contribution in [0, 0.1) is 0 Å². The second-order valence-corrected chi connectivity index (χ2v) is 8.27. The largest absolute Gasteiger partial charge is 0.497 e. The SMILES string of the molecule is CCN(CC)c1ccc(-c2nnc(SCc3cc(=O)oc4cc(OC)ccc34)n2C)cc1. The van der Waals surface area contributed by atoms with E-state index in [1.165, 1.54) is 23.5 Å². The minimum Gasteiger partial charge on any atom is -0.497 e. The van der Waals surface area contributed by atoms with Gasteiger partial charge in [-0.3, -0.25) is 0 Å². The van der Waals surface area contributed by atoms with Crippen LogP contribution in [0.25, 0.3) is 22.4 Å². The Labute approximate surface area is 191 Å². The Morgan fingerprint density at radius 2 is 1.81 bits per heavy atom. The third-order valence-electron chi connectivity index (χ3n) is 5.48. The van der Waals surface area contributed by atoms with Crippen LogP contribution in [0.15, 0.2) is 62.9 Å². The van der Waals surface area contributed by atoms with Gasteiger partial charge in [0.15, 0.2) is 11.0 Å². The average molecular weight is 451 g/mol. The van der Waals surface area contributed by atoms with Gasteiger partial charge in [0.2, 0.25) is 0 Å². The summed E-state index contributed by atoms with van der Waals surface area (Å²) in [5.41, 5.74) is 3.23. The molecule has 0 unspecified atom stereocenters. The summed E-state index contributed by atoms with van der Waals surface area (Å²) in [7, 11) is 3.54. The maximum atomic E-state index is 12.0. The quantitative estimate of drug-likeness (QED) is 0.284. The van der Waals surface area contributed by atoms with Crippen LogP contribution >= 0.6 is 11.8 Å². The highest BCUT2D eigenvalue weighted by Crippen LogP contribution is 2.29. The molecule has 0 aliphatic carbocycles.